The molecule has 0 aliphatic carbocycles. The molecule has 0 aromatic heterocycles. The minimum Gasteiger partial charge on any atom is -0.462 e. The summed E-state index contributed by atoms with van der Waals surface area (Å²) in [4.78, 5) is 23.9. The Balaban J connectivity index is 2.18. The first kappa shape index (κ1) is 18.4. The van der Waals surface area contributed by atoms with E-state index in [4.69, 9.17) is 4.74 Å². The highest BCUT2D eigenvalue weighted by Crippen LogP contribution is 2.32. The molecule has 0 fully saturated rings. The van der Waals surface area contributed by atoms with Crippen molar-refractivity contribution in [3.05, 3.63) is 77.4 Å². The van der Waals surface area contributed by atoms with Crippen molar-refractivity contribution in [1.29, 1.82) is 0 Å². The van der Waals surface area contributed by atoms with E-state index in [0.717, 1.165) is 0 Å². The Hall–Kier alpha value is -2.89. The van der Waals surface area contributed by atoms with E-state index >= 15 is 0 Å². The van der Waals surface area contributed by atoms with Gasteiger partial charge in [0.05, 0.1) is 17.7 Å². The molecule has 0 heterocycles. The lowest BCUT2D eigenvalue weighted by molar-refractivity contribution is -0.0686. The number of allylic oxidation sites excluding steroid dienone is 1. The highest BCUT2D eigenvalue weighted by molar-refractivity contribution is 6.09. The van der Waals surface area contributed by atoms with Crippen molar-refractivity contribution in [3.63, 3.8) is 0 Å². The minimum absolute atomic E-state index is 0.0956. The first-order chi connectivity index (χ1) is 11.7. The van der Waals surface area contributed by atoms with Crippen molar-refractivity contribution in [3.8, 4) is 0 Å². The molecule has 2 aromatic rings. The van der Waals surface area contributed by atoms with Crippen LogP contribution in [0.25, 0.3) is 5.57 Å². The molecule has 0 aliphatic heterocycles. The van der Waals surface area contributed by atoms with Gasteiger partial charge in [-0.3, -0.25) is 4.79 Å². The van der Waals surface area contributed by atoms with Gasteiger partial charge < -0.3 is 4.74 Å². The zero-order valence-electron chi connectivity index (χ0n) is 13.4. The summed E-state index contributed by atoms with van der Waals surface area (Å²) < 4.78 is 42.7. The van der Waals surface area contributed by atoms with Crippen LogP contribution in [-0.2, 0) is 4.74 Å². The van der Waals surface area contributed by atoms with Crippen LogP contribution >= 0.6 is 0 Å². The Labute approximate surface area is 142 Å². The van der Waals surface area contributed by atoms with Gasteiger partial charge in [-0.1, -0.05) is 43.0 Å². The number of hydrogen-bond donors (Lipinski definition) is 0. The summed E-state index contributed by atoms with van der Waals surface area (Å²) in [5.41, 5.74) is -0.194. The Bertz CT molecular complexity index is 788. The van der Waals surface area contributed by atoms with Crippen LogP contribution in [0.15, 0.2) is 55.1 Å². The fraction of sp³-hybridized carbons (Fsp3) is 0.158. The van der Waals surface area contributed by atoms with E-state index in [-0.39, 0.29) is 23.5 Å². The maximum Gasteiger partial charge on any atom is 0.416 e. The third kappa shape index (κ3) is 4.35. The molecular formula is C19H15F3O3. The molecular weight excluding hydrogens is 333 g/mol. The third-order valence-corrected chi connectivity index (χ3v) is 3.50. The van der Waals surface area contributed by atoms with Gasteiger partial charge in [0, 0.05) is 11.1 Å². The van der Waals surface area contributed by atoms with Crippen LogP contribution in [0.1, 0.15) is 38.8 Å². The van der Waals surface area contributed by atoms with E-state index in [9.17, 15) is 22.8 Å². The molecule has 0 amide bonds. The fourth-order valence-electron chi connectivity index (χ4n) is 2.13. The van der Waals surface area contributed by atoms with Gasteiger partial charge in [0.25, 0.3) is 0 Å². The Morgan fingerprint density at radius 3 is 1.68 bits per heavy atom. The lowest BCUT2D eigenvalue weighted by Gasteiger charge is -2.10. The lowest BCUT2D eigenvalue weighted by Crippen LogP contribution is -2.10. The number of ether oxygens (including phenoxy) is 1. The molecule has 6 heteroatoms. The number of halogens is 3. The quantitative estimate of drug-likeness (QED) is 0.583. The molecule has 2 rings (SSSR count). The number of esters is 1. The van der Waals surface area contributed by atoms with Crippen LogP contribution in [0.3, 0.4) is 0 Å². The van der Waals surface area contributed by atoms with Gasteiger partial charge in [0.1, 0.15) is 0 Å². The predicted octanol–water partition coefficient (Wildman–Crippen LogP) is 4.67. The largest absolute Gasteiger partial charge is 0.462 e. The fourth-order valence-corrected chi connectivity index (χ4v) is 2.13. The van der Waals surface area contributed by atoms with Crippen molar-refractivity contribution < 1.29 is 27.5 Å². The first-order valence-corrected chi connectivity index (χ1v) is 7.42. The van der Waals surface area contributed by atoms with Gasteiger partial charge in [0.15, 0.2) is 5.78 Å². The molecule has 0 saturated carbocycles. The molecule has 0 N–H and O–H groups in total. The number of benzene rings is 2. The molecule has 25 heavy (non-hydrogen) atoms. The van der Waals surface area contributed by atoms with Crippen molar-refractivity contribution in [2.45, 2.75) is 13.1 Å². The summed E-state index contributed by atoms with van der Waals surface area (Å²) in [6.07, 6.45) is -4.52. The molecule has 3 nitrogen and oxygen atoms in total. The number of hydrogen-bond acceptors (Lipinski definition) is 3. The lowest BCUT2D eigenvalue weighted by atomic mass is 9.99. The topological polar surface area (TPSA) is 43.4 Å². The van der Waals surface area contributed by atoms with Crippen LogP contribution in [-0.4, -0.2) is 24.5 Å². The summed E-state index contributed by atoms with van der Waals surface area (Å²) in [7, 11) is 0. The standard InChI is InChI=1S/C19H15F3O3/c1-3-25-18(24)16-10-8-15(9-11-16)17(23)14-6-4-13(5-7-14)12(2)19(20,21)22/h4-11H,2-3H2,1H3. The summed E-state index contributed by atoms with van der Waals surface area (Å²) in [6.45, 7) is 4.95. The third-order valence-electron chi connectivity index (χ3n) is 3.50. The zero-order chi connectivity index (χ0) is 18.6. The van der Waals surface area contributed by atoms with Gasteiger partial charge in [-0.2, -0.15) is 13.2 Å². The Morgan fingerprint density at radius 2 is 1.28 bits per heavy atom. The summed E-state index contributed by atoms with van der Waals surface area (Å²) in [5, 5.41) is 0. The van der Waals surface area contributed by atoms with Crippen molar-refractivity contribution in [2.24, 2.45) is 0 Å². The molecule has 0 atom stereocenters. The van der Waals surface area contributed by atoms with E-state index in [0.29, 0.717) is 11.1 Å². The number of carbonyl (C=O) groups is 2. The Kier molecular flexibility index (Phi) is 5.41. The van der Waals surface area contributed by atoms with Crippen LogP contribution in [0.5, 0.6) is 0 Å². The highest BCUT2D eigenvalue weighted by Gasteiger charge is 2.32. The monoisotopic (exact) mass is 348 g/mol. The van der Waals surface area contributed by atoms with Crippen LogP contribution in [0.4, 0.5) is 13.2 Å². The molecule has 0 spiro atoms. The van der Waals surface area contributed by atoms with Crippen LogP contribution < -0.4 is 0 Å². The molecule has 0 aliphatic rings. The second kappa shape index (κ2) is 7.34. The maximum absolute atomic E-state index is 12.6. The molecule has 0 unspecified atom stereocenters. The van der Waals surface area contributed by atoms with E-state index in [1.54, 1.807) is 6.92 Å². The second-order valence-electron chi connectivity index (χ2n) is 5.18. The van der Waals surface area contributed by atoms with Crippen molar-refractivity contribution in [1.82, 2.24) is 0 Å². The summed E-state index contributed by atoms with van der Waals surface area (Å²) in [6, 6.07) is 10.9. The normalized spacial score (nSPS) is 11.0. The molecule has 0 radical (unpaired) electrons. The van der Waals surface area contributed by atoms with E-state index in [1.807, 2.05) is 0 Å². The number of alkyl halides is 3. The van der Waals surface area contributed by atoms with Gasteiger partial charge in [-0.05, 0) is 24.6 Å². The minimum atomic E-state index is -4.52. The smallest absolute Gasteiger partial charge is 0.416 e. The number of rotatable bonds is 5. The summed E-state index contributed by atoms with van der Waals surface area (Å²) >= 11 is 0. The van der Waals surface area contributed by atoms with E-state index < -0.39 is 17.7 Å². The zero-order valence-corrected chi connectivity index (χ0v) is 13.4. The van der Waals surface area contributed by atoms with Crippen molar-refractivity contribution >= 4 is 17.3 Å². The predicted molar refractivity (Wildman–Crippen MR) is 87.4 cm³/mol. The highest BCUT2D eigenvalue weighted by atomic mass is 19.4. The maximum atomic E-state index is 12.6. The average molecular weight is 348 g/mol. The van der Waals surface area contributed by atoms with E-state index in [2.05, 4.69) is 6.58 Å². The summed E-state index contributed by atoms with van der Waals surface area (Å²) in [5.74, 6) is -0.851. The van der Waals surface area contributed by atoms with Crippen LogP contribution in [0, 0.1) is 0 Å². The first-order valence-electron chi connectivity index (χ1n) is 7.42. The van der Waals surface area contributed by atoms with Gasteiger partial charge >= 0.3 is 12.1 Å². The van der Waals surface area contributed by atoms with Crippen LogP contribution in [0.2, 0.25) is 0 Å². The molecule has 130 valence electrons. The SMILES string of the molecule is C=C(c1ccc(C(=O)c2ccc(C(=O)OCC)cc2)cc1)C(F)(F)F. The van der Waals surface area contributed by atoms with Gasteiger partial charge in [-0.25, -0.2) is 4.79 Å². The van der Waals surface area contributed by atoms with Gasteiger partial charge in [-0.15, -0.1) is 0 Å². The van der Waals surface area contributed by atoms with E-state index in [1.165, 1.54) is 48.5 Å². The number of carbonyl (C=O) groups excluding carboxylic acids is 2. The Morgan fingerprint density at radius 1 is 0.880 bits per heavy atom. The molecule has 0 saturated heterocycles. The molecule has 2 aromatic carbocycles. The second-order valence-corrected chi connectivity index (χ2v) is 5.18. The van der Waals surface area contributed by atoms with Crippen molar-refractivity contribution in [2.75, 3.05) is 6.61 Å². The van der Waals surface area contributed by atoms with Gasteiger partial charge in [0.2, 0.25) is 0 Å². The molecule has 0 bridgehead atoms. The average Bonchev–Trinajstić information content (AvgIpc) is 2.60. The number of ketones is 1.